The van der Waals surface area contributed by atoms with Gasteiger partial charge in [0.2, 0.25) is 12.2 Å². The fourth-order valence-electron chi connectivity index (χ4n) is 5.05. The first-order valence-electron chi connectivity index (χ1n) is 12.0. The quantitative estimate of drug-likeness (QED) is 0.461. The number of hydrogen-bond acceptors (Lipinski definition) is 8. The lowest BCUT2D eigenvalue weighted by Crippen LogP contribution is -2.53. The van der Waals surface area contributed by atoms with Gasteiger partial charge in [-0.25, -0.2) is 14.4 Å². The molecule has 1 amide bonds. The Morgan fingerprint density at radius 1 is 0.838 bits per heavy atom. The third-order valence-electron chi connectivity index (χ3n) is 6.92. The zero-order valence-corrected chi connectivity index (χ0v) is 20.5. The number of methoxy groups -OCH3 is 2. The highest BCUT2D eigenvalue weighted by Crippen LogP contribution is 2.44. The Hall–Kier alpha value is -4.08. The number of carbonyl (C=O) groups is 4. The molecule has 10 heteroatoms. The van der Waals surface area contributed by atoms with Gasteiger partial charge in [0.05, 0.1) is 25.3 Å². The zero-order valence-electron chi connectivity index (χ0n) is 20.5. The fourth-order valence-corrected chi connectivity index (χ4v) is 5.05. The predicted octanol–water partition coefficient (Wildman–Crippen LogP) is 2.84. The Bertz CT molecular complexity index is 1180. The number of hydrogen-bond donors (Lipinski definition) is 2. The van der Waals surface area contributed by atoms with Crippen LogP contribution in [0.15, 0.2) is 48.5 Å². The van der Waals surface area contributed by atoms with E-state index in [2.05, 4.69) is 5.32 Å². The van der Waals surface area contributed by atoms with Gasteiger partial charge in [-0.15, -0.1) is 0 Å². The average Bonchev–Trinajstić information content (AvgIpc) is 3.53. The van der Waals surface area contributed by atoms with E-state index in [-0.39, 0.29) is 23.1 Å². The maximum atomic E-state index is 13.3. The number of carboxylic acid groups (broad SMARTS) is 1. The Morgan fingerprint density at radius 3 is 1.86 bits per heavy atom. The SMILES string of the molecule is COc1cccc(C(=O)O[C@H](C(=O)O)[C@H](OC(=O)c2cccc(OC)c2)C(=O)N[C@@H]2C[C@H]3CC[C@H]2C3)c1. The average molecular weight is 512 g/mol. The Balaban J connectivity index is 1.58. The number of carboxylic acids is 1. The van der Waals surface area contributed by atoms with Crippen LogP contribution in [0.3, 0.4) is 0 Å². The molecule has 2 aliphatic carbocycles. The largest absolute Gasteiger partial charge is 0.497 e. The molecule has 2 bridgehead atoms. The van der Waals surface area contributed by atoms with Crippen molar-refractivity contribution in [2.75, 3.05) is 14.2 Å². The summed E-state index contributed by atoms with van der Waals surface area (Å²) in [7, 11) is 2.84. The maximum Gasteiger partial charge on any atom is 0.349 e. The molecule has 0 aliphatic heterocycles. The zero-order chi connectivity index (χ0) is 26.5. The van der Waals surface area contributed by atoms with E-state index >= 15 is 0 Å². The molecular weight excluding hydrogens is 482 g/mol. The number of esters is 2. The van der Waals surface area contributed by atoms with Crippen molar-refractivity contribution >= 4 is 23.8 Å². The third kappa shape index (κ3) is 6.02. The first kappa shape index (κ1) is 26.0. The second-order valence-electron chi connectivity index (χ2n) is 9.24. The molecule has 0 spiro atoms. The topological polar surface area (TPSA) is 137 Å². The molecule has 37 heavy (non-hydrogen) atoms. The number of aliphatic carboxylic acids is 1. The van der Waals surface area contributed by atoms with Gasteiger partial charge >= 0.3 is 17.9 Å². The highest BCUT2D eigenvalue weighted by Gasteiger charge is 2.45. The molecule has 2 aromatic carbocycles. The van der Waals surface area contributed by atoms with Crippen molar-refractivity contribution in [3.05, 3.63) is 59.7 Å². The normalized spacial score (nSPS) is 21.4. The summed E-state index contributed by atoms with van der Waals surface area (Å²) in [5.41, 5.74) is 0.0531. The minimum atomic E-state index is -2.09. The second kappa shape index (κ2) is 11.3. The molecule has 10 nitrogen and oxygen atoms in total. The van der Waals surface area contributed by atoms with Crippen LogP contribution in [-0.4, -0.2) is 61.4 Å². The van der Waals surface area contributed by atoms with Gasteiger partial charge in [-0.2, -0.15) is 0 Å². The van der Waals surface area contributed by atoms with E-state index in [9.17, 15) is 24.3 Å². The molecule has 0 aromatic heterocycles. The van der Waals surface area contributed by atoms with Crippen molar-refractivity contribution < 1.29 is 43.2 Å². The van der Waals surface area contributed by atoms with Crippen LogP contribution in [0.2, 0.25) is 0 Å². The van der Waals surface area contributed by atoms with Crippen LogP contribution in [0.1, 0.15) is 46.4 Å². The van der Waals surface area contributed by atoms with Gasteiger partial charge in [0.1, 0.15) is 11.5 Å². The second-order valence-corrected chi connectivity index (χ2v) is 9.24. The summed E-state index contributed by atoms with van der Waals surface area (Å²) in [6.45, 7) is 0. The van der Waals surface area contributed by atoms with Crippen LogP contribution in [-0.2, 0) is 19.1 Å². The lowest BCUT2D eigenvalue weighted by Gasteiger charge is -2.28. The van der Waals surface area contributed by atoms with Crippen molar-refractivity contribution in [2.24, 2.45) is 11.8 Å². The molecule has 0 saturated heterocycles. The molecule has 2 fully saturated rings. The number of ether oxygens (including phenoxy) is 4. The minimum absolute atomic E-state index is 0.0111. The van der Waals surface area contributed by atoms with Crippen LogP contribution >= 0.6 is 0 Å². The van der Waals surface area contributed by atoms with Gasteiger partial charge in [0.15, 0.2) is 0 Å². The van der Waals surface area contributed by atoms with E-state index in [1.54, 1.807) is 18.2 Å². The highest BCUT2D eigenvalue weighted by molar-refractivity contribution is 5.97. The molecule has 2 aromatic rings. The van der Waals surface area contributed by atoms with Crippen LogP contribution < -0.4 is 14.8 Å². The maximum absolute atomic E-state index is 13.3. The van der Waals surface area contributed by atoms with Gasteiger partial charge in [-0.1, -0.05) is 18.6 Å². The Kier molecular flexibility index (Phi) is 7.95. The number of rotatable bonds is 10. The van der Waals surface area contributed by atoms with Crippen LogP contribution in [0.5, 0.6) is 11.5 Å². The predicted molar refractivity (Wildman–Crippen MR) is 129 cm³/mol. The number of carbonyl (C=O) groups excluding carboxylic acids is 3. The van der Waals surface area contributed by atoms with E-state index in [4.69, 9.17) is 18.9 Å². The summed E-state index contributed by atoms with van der Waals surface area (Å²) in [5, 5.41) is 12.8. The lowest BCUT2D eigenvalue weighted by molar-refractivity contribution is -0.159. The van der Waals surface area contributed by atoms with E-state index in [0.717, 1.165) is 25.7 Å². The van der Waals surface area contributed by atoms with Gasteiger partial charge in [-0.3, -0.25) is 4.79 Å². The molecule has 2 N–H and O–H groups in total. The first-order valence-corrected chi connectivity index (χ1v) is 12.0. The third-order valence-corrected chi connectivity index (χ3v) is 6.92. The van der Waals surface area contributed by atoms with E-state index in [1.165, 1.54) is 44.6 Å². The lowest BCUT2D eigenvalue weighted by atomic mass is 9.95. The molecule has 0 heterocycles. The van der Waals surface area contributed by atoms with Crippen LogP contribution in [0.4, 0.5) is 0 Å². The summed E-state index contributed by atoms with van der Waals surface area (Å²) >= 11 is 0. The van der Waals surface area contributed by atoms with E-state index in [1.807, 2.05) is 0 Å². The van der Waals surface area contributed by atoms with Crippen LogP contribution in [0.25, 0.3) is 0 Å². The number of benzene rings is 2. The summed E-state index contributed by atoms with van der Waals surface area (Å²) < 4.78 is 20.9. The summed E-state index contributed by atoms with van der Waals surface area (Å²) in [6, 6.07) is 11.8. The summed E-state index contributed by atoms with van der Waals surface area (Å²) in [5.74, 6) is -2.92. The highest BCUT2D eigenvalue weighted by atomic mass is 16.6. The van der Waals surface area contributed by atoms with Gasteiger partial charge in [0.25, 0.3) is 5.91 Å². The summed E-state index contributed by atoms with van der Waals surface area (Å²) in [6.07, 6.45) is -0.185. The summed E-state index contributed by atoms with van der Waals surface area (Å²) in [4.78, 5) is 51.3. The fraction of sp³-hybridized carbons (Fsp3) is 0.407. The van der Waals surface area contributed by atoms with Gasteiger partial charge in [0, 0.05) is 6.04 Å². The van der Waals surface area contributed by atoms with Gasteiger partial charge < -0.3 is 29.4 Å². The van der Waals surface area contributed by atoms with E-state index in [0.29, 0.717) is 17.4 Å². The smallest absolute Gasteiger partial charge is 0.349 e. The molecule has 5 atom stereocenters. The minimum Gasteiger partial charge on any atom is -0.497 e. The van der Waals surface area contributed by atoms with Crippen molar-refractivity contribution in [2.45, 2.75) is 43.9 Å². The first-order chi connectivity index (χ1) is 17.8. The Morgan fingerprint density at radius 2 is 1.41 bits per heavy atom. The van der Waals surface area contributed by atoms with Gasteiger partial charge in [-0.05, 0) is 67.5 Å². The standard InChI is InChI=1S/C27H29NO9/c1-34-19-7-3-5-17(13-19)26(32)36-22(24(29)28-21-12-15-9-10-16(21)11-15)23(25(30)31)37-27(33)18-6-4-8-20(14-18)35-2/h3-8,13-16,21-23H,9-12H2,1-2H3,(H,28,29)(H,30,31)/t15-,16-,21+,22-,23-/m0/s1. The van der Waals surface area contributed by atoms with Crippen molar-refractivity contribution in [3.8, 4) is 11.5 Å². The van der Waals surface area contributed by atoms with Crippen molar-refractivity contribution in [3.63, 3.8) is 0 Å². The molecule has 4 rings (SSSR count). The number of fused-ring (bicyclic) bond motifs is 2. The number of nitrogens with one attached hydrogen (secondary N) is 1. The number of amides is 1. The van der Waals surface area contributed by atoms with Crippen molar-refractivity contribution in [1.29, 1.82) is 0 Å². The molecule has 0 unspecified atom stereocenters. The molecule has 0 radical (unpaired) electrons. The molecular formula is C27H29NO9. The molecule has 2 saturated carbocycles. The van der Waals surface area contributed by atoms with Crippen molar-refractivity contribution in [1.82, 2.24) is 5.32 Å². The van der Waals surface area contributed by atoms with E-state index < -0.39 is 36.0 Å². The monoisotopic (exact) mass is 511 g/mol. The molecule has 196 valence electrons. The van der Waals surface area contributed by atoms with Crippen LogP contribution in [0, 0.1) is 11.8 Å². The molecule has 2 aliphatic rings. The Labute approximate surface area is 213 Å².